The smallest absolute Gasteiger partial charge is 0.121 e. The fraction of sp³-hybridized carbons (Fsp3) is 0.471. The molecule has 4 heteroatoms. The van der Waals surface area contributed by atoms with E-state index in [9.17, 15) is 0 Å². The molecule has 0 radical (unpaired) electrons. The molecule has 0 aliphatic rings. The minimum atomic E-state index is 0.925. The molecule has 0 spiro atoms. The lowest BCUT2D eigenvalue weighted by atomic mass is 10.1. The van der Waals surface area contributed by atoms with E-state index in [1.54, 1.807) is 18.4 Å². The molecule has 1 N–H and O–H groups in total. The molecule has 3 nitrogen and oxygen atoms in total. The molecule has 0 unspecified atom stereocenters. The molecule has 1 heterocycles. The Labute approximate surface area is 131 Å². The predicted molar refractivity (Wildman–Crippen MR) is 90.3 cm³/mol. The van der Waals surface area contributed by atoms with Crippen molar-refractivity contribution in [3.05, 3.63) is 34.2 Å². The number of aryl methyl sites for hydroxylation is 1. The summed E-state index contributed by atoms with van der Waals surface area (Å²) in [5.41, 5.74) is 3.37. The van der Waals surface area contributed by atoms with Gasteiger partial charge in [-0.2, -0.15) is 0 Å². The monoisotopic (exact) mass is 304 g/mol. The number of nitrogens with zero attached hydrogens (tertiary/aromatic N) is 1. The van der Waals surface area contributed by atoms with E-state index in [1.165, 1.54) is 17.8 Å². The van der Waals surface area contributed by atoms with Crippen molar-refractivity contribution in [2.24, 2.45) is 0 Å². The standard InChI is InChI=1S/C17H24N2OS/c1-4-5-9-18-10-8-17-19-15(12-21-17)14-6-7-16(20-3)13(2)11-14/h6-7,11-12,18H,4-5,8-10H2,1-3H3. The molecule has 2 aromatic rings. The Morgan fingerprint density at radius 2 is 2.14 bits per heavy atom. The van der Waals surface area contributed by atoms with Gasteiger partial charge in [-0.3, -0.25) is 0 Å². The number of thiazole rings is 1. The molecular weight excluding hydrogens is 280 g/mol. The lowest BCUT2D eigenvalue weighted by molar-refractivity contribution is 0.412. The Morgan fingerprint density at radius 1 is 1.29 bits per heavy atom. The van der Waals surface area contributed by atoms with E-state index in [-0.39, 0.29) is 0 Å². The number of methoxy groups -OCH3 is 1. The van der Waals surface area contributed by atoms with E-state index in [2.05, 4.69) is 36.7 Å². The number of aromatic nitrogens is 1. The van der Waals surface area contributed by atoms with Crippen LogP contribution in [0.5, 0.6) is 5.75 Å². The van der Waals surface area contributed by atoms with Gasteiger partial charge in [-0.1, -0.05) is 13.3 Å². The number of rotatable bonds is 8. The van der Waals surface area contributed by atoms with Crippen molar-refractivity contribution in [1.29, 1.82) is 0 Å². The van der Waals surface area contributed by atoms with Crippen LogP contribution in [-0.2, 0) is 6.42 Å². The molecule has 0 atom stereocenters. The second kappa shape index (κ2) is 8.15. The molecular formula is C17H24N2OS. The van der Waals surface area contributed by atoms with E-state index in [4.69, 9.17) is 9.72 Å². The number of hydrogen-bond donors (Lipinski definition) is 1. The highest BCUT2D eigenvalue weighted by Gasteiger charge is 2.06. The second-order valence-corrected chi connectivity index (χ2v) is 6.11. The van der Waals surface area contributed by atoms with Crippen LogP contribution in [0, 0.1) is 6.92 Å². The Bertz CT molecular complexity index is 566. The van der Waals surface area contributed by atoms with Gasteiger partial charge in [-0.05, 0) is 43.7 Å². The van der Waals surface area contributed by atoms with Gasteiger partial charge in [0.25, 0.3) is 0 Å². The van der Waals surface area contributed by atoms with E-state index in [0.29, 0.717) is 0 Å². The summed E-state index contributed by atoms with van der Waals surface area (Å²) < 4.78 is 5.30. The fourth-order valence-corrected chi connectivity index (χ4v) is 3.03. The largest absolute Gasteiger partial charge is 0.496 e. The molecule has 114 valence electrons. The minimum Gasteiger partial charge on any atom is -0.496 e. The number of hydrogen-bond acceptors (Lipinski definition) is 4. The molecule has 2 rings (SSSR count). The first-order valence-corrected chi connectivity index (χ1v) is 8.42. The van der Waals surface area contributed by atoms with Gasteiger partial charge in [0.05, 0.1) is 17.8 Å². The van der Waals surface area contributed by atoms with E-state index < -0.39 is 0 Å². The molecule has 0 fully saturated rings. The average Bonchev–Trinajstić information content (AvgIpc) is 2.96. The summed E-state index contributed by atoms with van der Waals surface area (Å²) in [7, 11) is 1.70. The van der Waals surface area contributed by atoms with Crippen molar-refractivity contribution in [1.82, 2.24) is 10.3 Å². The summed E-state index contributed by atoms with van der Waals surface area (Å²) in [6.07, 6.45) is 3.49. The molecule has 0 bridgehead atoms. The van der Waals surface area contributed by atoms with Crippen LogP contribution in [0.4, 0.5) is 0 Å². The van der Waals surface area contributed by atoms with E-state index in [0.717, 1.165) is 42.1 Å². The summed E-state index contributed by atoms with van der Waals surface area (Å²) >= 11 is 1.74. The topological polar surface area (TPSA) is 34.2 Å². The zero-order valence-electron chi connectivity index (χ0n) is 13.1. The third kappa shape index (κ3) is 4.55. The third-order valence-corrected chi connectivity index (χ3v) is 4.37. The Hall–Kier alpha value is -1.39. The molecule has 0 saturated heterocycles. The van der Waals surface area contributed by atoms with E-state index in [1.807, 2.05) is 6.07 Å². The van der Waals surface area contributed by atoms with Crippen LogP contribution in [0.15, 0.2) is 23.6 Å². The number of unbranched alkanes of at least 4 members (excludes halogenated alkanes) is 1. The first-order chi connectivity index (χ1) is 10.2. The molecule has 1 aromatic heterocycles. The van der Waals surface area contributed by atoms with Crippen molar-refractivity contribution in [2.75, 3.05) is 20.2 Å². The van der Waals surface area contributed by atoms with Gasteiger partial charge in [-0.15, -0.1) is 11.3 Å². The molecule has 0 amide bonds. The zero-order valence-corrected chi connectivity index (χ0v) is 13.9. The lowest BCUT2D eigenvalue weighted by Crippen LogP contribution is -2.18. The van der Waals surface area contributed by atoms with Crippen molar-refractivity contribution in [2.45, 2.75) is 33.1 Å². The quantitative estimate of drug-likeness (QED) is 0.747. The average molecular weight is 304 g/mol. The van der Waals surface area contributed by atoms with Gasteiger partial charge in [0.15, 0.2) is 0 Å². The van der Waals surface area contributed by atoms with Crippen LogP contribution in [0.25, 0.3) is 11.3 Å². The van der Waals surface area contributed by atoms with E-state index >= 15 is 0 Å². The van der Waals surface area contributed by atoms with Gasteiger partial charge < -0.3 is 10.1 Å². The maximum Gasteiger partial charge on any atom is 0.121 e. The highest BCUT2D eigenvalue weighted by Crippen LogP contribution is 2.27. The predicted octanol–water partition coefficient (Wildman–Crippen LogP) is 4.06. The molecule has 0 saturated carbocycles. The van der Waals surface area contributed by atoms with Gasteiger partial charge in [0.2, 0.25) is 0 Å². The van der Waals surface area contributed by atoms with Crippen LogP contribution in [-0.4, -0.2) is 25.2 Å². The summed E-state index contributed by atoms with van der Waals surface area (Å²) in [5, 5.41) is 6.80. The van der Waals surface area contributed by atoms with Crippen LogP contribution in [0.2, 0.25) is 0 Å². The van der Waals surface area contributed by atoms with Crippen molar-refractivity contribution >= 4 is 11.3 Å². The maximum absolute atomic E-state index is 5.30. The Morgan fingerprint density at radius 3 is 2.86 bits per heavy atom. The maximum atomic E-state index is 5.30. The summed E-state index contributed by atoms with van der Waals surface area (Å²) in [5.74, 6) is 0.925. The van der Waals surface area contributed by atoms with Crippen LogP contribution in [0.3, 0.4) is 0 Å². The van der Waals surface area contributed by atoms with Crippen molar-refractivity contribution < 1.29 is 4.74 Å². The lowest BCUT2D eigenvalue weighted by Gasteiger charge is -2.05. The number of benzene rings is 1. The summed E-state index contributed by atoms with van der Waals surface area (Å²) in [6.45, 7) is 6.39. The van der Waals surface area contributed by atoms with Crippen molar-refractivity contribution in [3.63, 3.8) is 0 Å². The highest BCUT2D eigenvalue weighted by atomic mass is 32.1. The Balaban J connectivity index is 1.94. The van der Waals surface area contributed by atoms with Gasteiger partial charge >= 0.3 is 0 Å². The van der Waals surface area contributed by atoms with Crippen LogP contribution >= 0.6 is 11.3 Å². The number of nitrogens with one attached hydrogen (secondary N) is 1. The fourth-order valence-electron chi connectivity index (χ4n) is 2.22. The highest BCUT2D eigenvalue weighted by molar-refractivity contribution is 7.09. The second-order valence-electron chi connectivity index (χ2n) is 5.16. The van der Waals surface area contributed by atoms with Crippen LogP contribution < -0.4 is 10.1 Å². The minimum absolute atomic E-state index is 0.925. The first-order valence-electron chi connectivity index (χ1n) is 7.54. The molecule has 21 heavy (non-hydrogen) atoms. The normalized spacial score (nSPS) is 10.8. The SMILES string of the molecule is CCCCNCCc1nc(-c2ccc(OC)c(C)c2)cs1. The molecule has 1 aromatic carbocycles. The van der Waals surface area contributed by atoms with Gasteiger partial charge in [-0.25, -0.2) is 4.98 Å². The summed E-state index contributed by atoms with van der Waals surface area (Å²) in [6, 6.07) is 6.22. The van der Waals surface area contributed by atoms with Gasteiger partial charge in [0, 0.05) is 23.9 Å². The Kier molecular flexibility index (Phi) is 6.21. The first kappa shape index (κ1) is 16.0. The number of ether oxygens (including phenoxy) is 1. The third-order valence-electron chi connectivity index (χ3n) is 3.47. The molecule has 0 aliphatic carbocycles. The van der Waals surface area contributed by atoms with Crippen molar-refractivity contribution in [3.8, 4) is 17.0 Å². The van der Waals surface area contributed by atoms with Gasteiger partial charge in [0.1, 0.15) is 5.75 Å². The molecule has 0 aliphatic heterocycles. The zero-order chi connectivity index (χ0) is 15.1. The van der Waals surface area contributed by atoms with Crippen LogP contribution in [0.1, 0.15) is 30.3 Å². The summed E-state index contributed by atoms with van der Waals surface area (Å²) in [4.78, 5) is 4.73.